The molecule has 7 heteroatoms. The summed E-state index contributed by atoms with van der Waals surface area (Å²) in [4.78, 5) is 20.2. The Morgan fingerprint density at radius 2 is 2.00 bits per heavy atom. The summed E-state index contributed by atoms with van der Waals surface area (Å²) in [6, 6.07) is 3.43. The molecule has 0 bridgehead atoms. The standard InChI is InChI=1S/C6H14N2O2.C6H7NO.C6H13N/c7-4-2-1-3-5(8)6(9)10;1-7-4-2-3-6(7)5-8;7-6-4-2-1-3-5-6/h5H,1-4,7-8H2,(H,9,10);2-5H,1H3;6H,1-5,7H2. The minimum absolute atomic E-state index is 0.520. The number of nitrogens with two attached hydrogens (primary N) is 3. The highest BCUT2D eigenvalue weighted by molar-refractivity contribution is 5.73. The second-order valence-electron chi connectivity index (χ2n) is 6.29. The molecule has 1 aliphatic rings. The Kier molecular flexibility index (Phi) is 13.6. The Morgan fingerprint density at radius 1 is 1.36 bits per heavy atom. The van der Waals surface area contributed by atoms with Crippen molar-refractivity contribution in [2.75, 3.05) is 6.54 Å². The number of carbonyl (C=O) groups is 2. The normalized spacial score (nSPS) is 15.2. The number of aryl methyl sites for hydroxylation is 1. The summed E-state index contributed by atoms with van der Waals surface area (Å²) in [6.07, 6.45) is 11.5. The molecule has 0 spiro atoms. The van der Waals surface area contributed by atoms with Crippen molar-refractivity contribution in [1.29, 1.82) is 0 Å². The van der Waals surface area contributed by atoms with Gasteiger partial charge in [0.1, 0.15) is 6.04 Å². The molecule has 25 heavy (non-hydrogen) atoms. The molecule has 1 unspecified atom stereocenters. The van der Waals surface area contributed by atoms with E-state index in [-0.39, 0.29) is 0 Å². The zero-order valence-corrected chi connectivity index (χ0v) is 15.3. The fraction of sp³-hybridized carbons (Fsp3) is 0.667. The fourth-order valence-electron chi connectivity index (χ4n) is 2.36. The summed E-state index contributed by atoms with van der Waals surface area (Å²) < 4.78 is 1.77. The van der Waals surface area contributed by atoms with Crippen molar-refractivity contribution in [3.8, 4) is 0 Å². The van der Waals surface area contributed by atoms with Gasteiger partial charge >= 0.3 is 5.97 Å². The first-order valence-corrected chi connectivity index (χ1v) is 8.92. The third-order valence-electron chi connectivity index (χ3n) is 4.04. The molecule has 1 heterocycles. The van der Waals surface area contributed by atoms with E-state index in [1.54, 1.807) is 10.6 Å². The zero-order valence-electron chi connectivity index (χ0n) is 15.3. The third kappa shape index (κ3) is 12.3. The van der Waals surface area contributed by atoms with Gasteiger partial charge in [0.2, 0.25) is 0 Å². The summed E-state index contributed by atoms with van der Waals surface area (Å²) in [5.41, 5.74) is 16.8. The van der Waals surface area contributed by atoms with E-state index in [1.165, 1.54) is 32.1 Å². The number of aromatic nitrogens is 1. The Bertz CT molecular complexity index is 471. The van der Waals surface area contributed by atoms with Gasteiger partial charge in [-0.1, -0.05) is 25.7 Å². The minimum Gasteiger partial charge on any atom is -0.480 e. The maximum atomic E-state index is 10.1. The molecule has 2 rings (SSSR count). The van der Waals surface area contributed by atoms with Crippen molar-refractivity contribution >= 4 is 12.3 Å². The van der Waals surface area contributed by atoms with Crippen LogP contribution in [0, 0.1) is 0 Å². The monoisotopic (exact) mass is 354 g/mol. The number of hydrogen-bond donors (Lipinski definition) is 4. The molecule has 1 fully saturated rings. The molecular weight excluding hydrogens is 320 g/mol. The van der Waals surface area contributed by atoms with Gasteiger partial charge in [-0.05, 0) is 44.4 Å². The molecule has 7 N–H and O–H groups in total. The van der Waals surface area contributed by atoms with Crippen LogP contribution in [0.5, 0.6) is 0 Å². The van der Waals surface area contributed by atoms with E-state index < -0.39 is 12.0 Å². The summed E-state index contributed by atoms with van der Waals surface area (Å²) in [5, 5.41) is 8.33. The molecule has 0 aliphatic heterocycles. The molecular formula is C18H34N4O3. The van der Waals surface area contributed by atoms with Crippen LogP contribution < -0.4 is 17.2 Å². The highest BCUT2D eigenvalue weighted by Crippen LogP contribution is 2.14. The van der Waals surface area contributed by atoms with Gasteiger partial charge in [-0.3, -0.25) is 9.59 Å². The van der Waals surface area contributed by atoms with Gasteiger partial charge in [0.15, 0.2) is 6.29 Å². The number of hydrogen-bond acceptors (Lipinski definition) is 5. The van der Waals surface area contributed by atoms with E-state index in [1.807, 2.05) is 19.3 Å². The van der Waals surface area contributed by atoms with E-state index in [0.29, 0.717) is 24.7 Å². The van der Waals surface area contributed by atoms with Crippen LogP contribution in [0.3, 0.4) is 0 Å². The van der Waals surface area contributed by atoms with Crippen LogP contribution >= 0.6 is 0 Å². The zero-order chi connectivity index (χ0) is 19.1. The van der Waals surface area contributed by atoms with E-state index in [9.17, 15) is 9.59 Å². The van der Waals surface area contributed by atoms with E-state index in [0.717, 1.165) is 19.1 Å². The summed E-state index contributed by atoms with van der Waals surface area (Å²) in [5.74, 6) is -0.933. The van der Waals surface area contributed by atoms with Gasteiger partial charge in [0.05, 0.1) is 5.69 Å². The number of rotatable bonds is 6. The van der Waals surface area contributed by atoms with Crippen molar-refractivity contribution < 1.29 is 14.7 Å². The molecule has 144 valence electrons. The number of carboxylic acid groups (broad SMARTS) is 1. The second-order valence-corrected chi connectivity index (χ2v) is 6.29. The number of aldehydes is 1. The molecule has 0 aromatic carbocycles. The molecule has 1 aliphatic carbocycles. The van der Waals surface area contributed by atoms with E-state index in [2.05, 4.69) is 0 Å². The quantitative estimate of drug-likeness (QED) is 0.453. The van der Waals surface area contributed by atoms with Crippen molar-refractivity contribution in [2.24, 2.45) is 24.2 Å². The predicted molar refractivity (Wildman–Crippen MR) is 100 cm³/mol. The molecule has 1 aromatic heterocycles. The average molecular weight is 354 g/mol. The number of aliphatic carboxylic acids is 1. The lowest BCUT2D eigenvalue weighted by Gasteiger charge is -2.15. The second kappa shape index (κ2) is 14.6. The summed E-state index contributed by atoms with van der Waals surface area (Å²) in [7, 11) is 1.84. The van der Waals surface area contributed by atoms with E-state index >= 15 is 0 Å². The lowest BCUT2D eigenvalue weighted by atomic mass is 9.97. The number of nitrogens with zero attached hydrogens (tertiary/aromatic N) is 1. The van der Waals surface area contributed by atoms with Crippen LogP contribution in [0.1, 0.15) is 61.9 Å². The van der Waals surface area contributed by atoms with Crippen LogP contribution in [-0.4, -0.2) is 40.6 Å². The van der Waals surface area contributed by atoms with Crippen LogP contribution in [-0.2, 0) is 11.8 Å². The maximum absolute atomic E-state index is 10.1. The summed E-state index contributed by atoms with van der Waals surface area (Å²) >= 11 is 0. The van der Waals surface area contributed by atoms with Crippen molar-refractivity contribution in [3.05, 3.63) is 24.0 Å². The van der Waals surface area contributed by atoms with Crippen molar-refractivity contribution in [2.45, 2.75) is 63.5 Å². The highest BCUT2D eigenvalue weighted by atomic mass is 16.4. The van der Waals surface area contributed by atoms with Gasteiger partial charge in [-0.2, -0.15) is 0 Å². The van der Waals surface area contributed by atoms with Gasteiger partial charge in [-0.15, -0.1) is 0 Å². The number of carbonyl (C=O) groups excluding carboxylic acids is 1. The third-order valence-corrected chi connectivity index (χ3v) is 4.04. The molecule has 1 saturated carbocycles. The predicted octanol–water partition coefficient (Wildman–Crippen LogP) is 1.64. The first kappa shape index (κ1) is 23.3. The van der Waals surface area contributed by atoms with Crippen LogP contribution in [0.4, 0.5) is 0 Å². The van der Waals surface area contributed by atoms with Crippen molar-refractivity contribution in [1.82, 2.24) is 4.57 Å². The first-order valence-electron chi connectivity index (χ1n) is 8.92. The molecule has 0 amide bonds. The summed E-state index contributed by atoms with van der Waals surface area (Å²) in [6.45, 7) is 0.604. The van der Waals surface area contributed by atoms with Crippen LogP contribution in [0.25, 0.3) is 0 Å². The SMILES string of the molecule is Cn1cccc1C=O.NC1CCCCC1.NCCCCC(N)C(=O)O. The van der Waals surface area contributed by atoms with Crippen LogP contribution in [0.15, 0.2) is 18.3 Å². The van der Waals surface area contributed by atoms with Crippen molar-refractivity contribution in [3.63, 3.8) is 0 Å². The lowest BCUT2D eigenvalue weighted by Crippen LogP contribution is -2.29. The largest absolute Gasteiger partial charge is 0.480 e. The van der Waals surface area contributed by atoms with Gasteiger partial charge in [0, 0.05) is 19.3 Å². The Labute approximate surface area is 150 Å². The Morgan fingerprint density at radius 3 is 2.32 bits per heavy atom. The smallest absolute Gasteiger partial charge is 0.320 e. The Balaban J connectivity index is 0.000000350. The van der Waals surface area contributed by atoms with Gasteiger partial charge in [-0.25, -0.2) is 0 Å². The topological polar surface area (TPSA) is 137 Å². The minimum atomic E-state index is -0.933. The molecule has 0 saturated heterocycles. The Hall–Kier alpha value is -1.70. The fourth-order valence-corrected chi connectivity index (χ4v) is 2.36. The van der Waals surface area contributed by atoms with Gasteiger partial charge in [0.25, 0.3) is 0 Å². The molecule has 7 nitrogen and oxygen atoms in total. The molecule has 1 atom stereocenters. The van der Waals surface area contributed by atoms with E-state index in [4.69, 9.17) is 22.3 Å². The molecule has 1 aromatic rings. The van der Waals surface area contributed by atoms with Crippen LogP contribution in [0.2, 0.25) is 0 Å². The number of carboxylic acids is 1. The lowest BCUT2D eigenvalue weighted by molar-refractivity contribution is -0.138. The average Bonchev–Trinajstić information content (AvgIpc) is 3.02. The molecule has 0 radical (unpaired) electrons. The number of unbranched alkanes of at least 4 members (excludes halogenated alkanes) is 1. The highest BCUT2D eigenvalue weighted by Gasteiger charge is 2.09. The maximum Gasteiger partial charge on any atom is 0.320 e. The first-order chi connectivity index (χ1) is 11.9. The van der Waals surface area contributed by atoms with Gasteiger partial charge < -0.3 is 26.9 Å².